The summed E-state index contributed by atoms with van der Waals surface area (Å²) in [4.78, 5) is 23.5. The molecule has 1 heterocycles. The standard InChI is InChI=1S/C18H21ClO5/c1-18(2,9-16(21)22)5-4-15(20)14-8-12(19)6-11-7-13(10-23-3)24-17(11)14/h6-8H,4-5,9-10H2,1-3H3,(H,21,22). The zero-order valence-corrected chi connectivity index (χ0v) is 14.8. The van der Waals surface area contributed by atoms with Crippen molar-refractivity contribution in [3.8, 4) is 0 Å². The van der Waals surface area contributed by atoms with E-state index in [0.717, 1.165) is 5.39 Å². The van der Waals surface area contributed by atoms with Crippen molar-refractivity contribution >= 4 is 34.3 Å². The first kappa shape index (κ1) is 18.5. The predicted octanol–water partition coefficient (Wildman–Crippen LogP) is 4.70. The Bertz CT molecular complexity index is 760. The molecule has 0 amide bonds. The maximum Gasteiger partial charge on any atom is 0.303 e. The van der Waals surface area contributed by atoms with Gasteiger partial charge in [-0.25, -0.2) is 0 Å². The average Bonchev–Trinajstić information content (AvgIpc) is 2.85. The number of aliphatic carboxylic acids is 1. The molecule has 0 spiro atoms. The highest BCUT2D eigenvalue weighted by Crippen LogP contribution is 2.31. The van der Waals surface area contributed by atoms with Crippen molar-refractivity contribution in [2.75, 3.05) is 7.11 Å². The van der Waals surface area contributed by atoms with Crippen LogP contribution in [0.15, 0.2) is 22.6 Å². The molecule has 0 fully saturated rings. The molecule has 0 radical (unpaired) electrons. The molecule has 0 aliphatic heterocycles. The predicted molar refractivity (Wildman–Crippen MR) is 91.5 cm³/mol. The molecule has 1 aromatic heterocycles. The smallest absolute Gasteiger partial charge is 0.303 e. The fourth-order valence-electron chi connectivity index (χ4n) is 2.67. The van der Waals surface area contributed by atoms with Gasteiger partial charge in [-0.3, -0.25) is 9.59 Å². The number of benzene rings is 1. The minimum Gasteiger partial charge on any atom is -0.481 e. The van der Waals surface area contributed by atoms with Gasteiger partial charge in [-0.2, -0.15) is 0 Å². The summed E-state index contributed by atoms with van der Waals surface area (Å²) >= 11 is 6.11. The number of fused-ring (bicyclic) bond motifs is 1. The fourth-order valence-corrected chi connectivity index (χ4v) is 2.90. The second-order valence-electron chi connectivity index (χ2n) is 6.68. The van der Waals surface area contributed by atoms with Crippen LogP contribution < -0.4 is 0 Å². The highest BCUT2D eigenvalue weighted by Gasteiger charge is 2.24. The van der Waals surface area contributed by atoms with E-state index in [4.69, 9.17) is 25.9 Å². The molecule has 0 aliphatic carbocycles. The SMILES string of the molecule is COCc1cc2cc(Cl)cc(C(=O)CCC(C)(C)CC(=O)O)c2o1. The van der Waals surface area contributed by atoms with Crippen LogP contribution in [0.3, 0.4) is 0 Å². The van der Waals surface area contributed by atoms with Gasteiger partial charge in [-0.1, -0.05) is 25.4 Å². The van der Waals surface area contributed by atoms with Crippen LogP contribution >= 0.6 is 11.6 Å². The summed E-state index contributed by atoms with van der Waals surface area (Å²) in [6, 6.07) is 5.14. The van der Waals surface area contributed by atoms with Crippen molar-refractivity contribution in [2.24, 2.45) is 5.41 Å². The highest BCUT2D eigenvalue weighted by molar-refractivity contribution is 6.32. The Hall–Kier alpha value is -1.85. The number of halogens is 1. The number of rotatable bonds is 8. The van der Waals surface area contributed by atoms with E-state index in [9.17, 15) is 9.59 Å². The molecule has 5 nitrogen and oxygen atoms in total. The number of methoxy groups -OCH3 is 1. The second kappa shape index (κ2) is 7.36. The maximum atomic E-state index is 12.6. The van der Waals surface area contributed by atoms with Crippen LogP contribution in [0.5, 0.6) is 0 Å². The summed E-state index contributed by atoms with van der Waals surface area (Å²) in [5.74, 6) is -0.359. The monoisotopic (exact) mass is 352 g/mol. The first-order valence-corrected chi connectivity index (χ1v) is 8.05. The van der Waals surface area contributed by atoms with Crippen molar-refractivity contribution in [3.63, 3.8) is 0 Å². The number of hydrogen-bond donors (Lipinski definition) is 1. The van der Waals surface area contributed by atoms with E-state index < -0.39 is 11.4 Å². The lowest BCUT2D eigenvalue weighted by atomic mass is 9.83. The molecule has 0 saturated carbocycles. The Morgan fingerprint density at radius 2 is 2.00 bits per heavy atom. The van der Waals surface area contributed by atoms with E-state index in [1.165, 1.54) is 0 Å². The molecule has 24 heavy (non-hydrogen) atoms. The molecule has 2 rings (SSSR count). The number of hydrogen-bond acceptors (Lipinski definition) is 4. The molecular formula is C18H21ClO5. The van der Waals surface area contributed by atoms with E-state index in [-0.39, 0.29) is 18.6 Å². The number of carbonyl (C=O) groups is 2. The van der Waals surface area contributed by atoms with Crippen LogP contribution in [-0.4, -0.2) is 24.0 Å². The zero-order valence-electron chi connectivity index (χ0n) is 14.0. The topological polar surface area (TPSA) is 76.7 Å². The van der Waals surface area contributed by atoms with E-state index >= 15 is 0 Å². The van der Waals surface area contributed by atoms with Gasteiger partial charge in [0, 0.05) is 23.9 Å². The molecule has 1 N–H and O–H groups in total. The largest absolute Gasteiger partial charge is 0.481 e. The zero-order chi connectivity index (χ0) is 17.9. The van der Waals surface area contributed by atoms with Crippen molar-refractivity contribution < 1.29 is 23.8 Å². The van der Waals surface area contributed by atoms with Gasteiger partial charge in [0.1, 0.15) is 18.0 Å². The van der Waals surface area contributed by atoms with Gasteiger partial charge in [-0.05, 0) is 30.0 Å². The molecule has 0 saturated heterocycles. The van der Waals surface area contributed by atoms with E-state index in [0.29, 0.717) is 35.0 Å². The molecule has 1 aromatic carbocycles. The van der Waals surface area contributed by atoms with Crippen LogP contribution in [0.25, 0.3) is 11.0 Å². The molecule has 0 atom stereocenters. The van der Waals surface area contributed by atoms with Crippen molar-refractivity contribution in [2.45, 2.75) is 39.7 Å². The van der Waals surface area contributed by atoms with E-state index in [1.807, 2.05) is 13.8 Å². The van der Waals surface area contributed by atoms with Gasteiger partial charge in [0.2, 0.25) is 0 Å². The summed E-state index contributed by atoms with van der Waals surface area (Å²) < 4.78 is 10.8. The second-order valence-corrected chi connectivity index (χ2v) is 7.11. The molecule has 0 unspecified atom stereocenters. The Morgan fingerprint density at radius 1 is 1.29 bits per heavy atom. The number of carboxylic acid groups (broad SMARTS) is 1. The maximum absolute atomic E-state index is 12.6. The lowest BCUT2D eigenvalue weighted by Gasteiger charge is -2.21. The number of ketones is 1. The number of ether oxygens (including phenoxy) is 1. The average molecular weight is 353 g/mol. The number of Topliss-reactive ketones (excluding diaryl/α,β-unsaturated/α-hetero) is 1. The van der Waals surface area contributed by atoms with Gasteiger partial charge in [-0.15, -0.1) is 0 Å². The summed E-state index contributed by atoms with van der Waals surface area (Å²) in [6.07, 6.45) is 0.720. The van der Waals surface area contributed by atoms with E-state index in [1.54, 1.807) is 25.3 Å². The Balaban J connectivity index is 2.24. The van der Waals surface area contributed by atoms with Gasteiger partial charge in [0.05, 0.1) is 12.0 Å². The molecule has 2 aromatic rings. The van der Waals surface area contributed by atoms with Gasteiger partial charge >= 0.3 is 5.97 Å². The molecule has 0 aliphatic rings. The first-order valence-electron chi connectivity index (χ1n) is 7.68. The van der Waals surface area contributed by atoms with Crippen LogP contribution in [0, 0.1) is 5.41 Å². The fraction of sp³-hybridized carbons (Fsp3) is 0.444. The third-order valence-corrected chi connectivity index (χ3v) is 4.10. The highest BCUT2D eigenvalue weighted by atomic mass is 35.5. The lowest BCUT2D eigenvalue weighted by Crippen LogP contribution is -2.18. The van der Waals surface area contributed by atoms with Crippen LogP contribution in [0.4, 0.5) is 0 Å². The summed E-state index contributed by atoms with van der Waals surface area (Å²) in [5, 5.41) is 10.1. The summed E-state index contributed by atoms with van der Waals surface area (Å²) in [5.41, 5.74) is 0.460. The third kappa shape index (κ3) is 4.58. The first-order chi connectivity index (χ1) is 11.2. The minimum atomic E-state index is -0.868. The van der Waals surface area contributed by atoms with Crippen molar-refractivity contribution in [3.05, 3.63) is 34.5 Å². The van der Waals surface area contributed by atoms with Crippen LogP contribution in [-0.2, 0) is 16.1 Å². The molecule has 0 bridgehead atoms. The van der Waals surface area contributed by atoms with Crippen molar-refractivity contribution in [1.82, 2.24) is 0 Å². The van der Waals surface area contributed by atoms with Gasteiger partial charge in [0.25, 0.3) is 0 Å². The third-order valence-electron chi connectivity index (χ3n) is 3.88. The quantitative estimate of drug-likeness (QED) is 0.697. The van der Waals surface area contributed by atoms with Gasteiger partial charge < -0.3 is 14.3 Å². The number of carboxylic acids is 1. The number of furan rings is 1. The Kier molecular flexibility index (Phi) is 5.67. The van der Waals surface area contributed by atoms with E-state index in [2.05, 4.69) is 0 Å². The van der Waals surface area contributed by atoms with Crippen molar-refractivity contribution in [1.29, 1.82) is 0 Å². The lowest BCUT2D eigenvalue weighted by molar-refractivity contribution is -0.139. The molecular weight excluding hydrogens is 332 g/mol. The van der Waals surface area contributed by atoms with Gasteiger partial charge in [0.15, 0.2) is 5.78 Å². The number of carbonyl (C=O) groups excluding carboxylic acids is 1. The molecule has 130 valence electrons. The Morgan fingerprint density at radius 3 is 2.62 bits per heavy atom. The Labute approximate surface area is 145 Å². The molecule has 6 heteroatoms. The van der Waals surface area contributed by atoms with Crippen LogP contribution in [0.2, 0.25) is 5.02 Å². The van der Waals surface area contributed by atoms with Crippen LogP contribution in [0.1, 0.15) is 49.2 Å². The summed E-state index contributed by atoms with van der Waals surface area (Å²) in [7, 11) is 1.57. The normalized spacial score (nSPS) is 11.8. The summed E-state index contributed by atoms with van der Waals surface area (Å²) in [6.45, 7) is 3.99. The minimum absolute atomic E-state index is 0.0178.